The van der Waals surface area contributed by atoms with Crippen LogP contribution in [0.2, 0.25) is 0 Å². The van der Waals surface area contributed by atoms with Crippen molar-refractivity contribution >= 4 is 23.6 Å². The fourth-order valence-corrected chi connectivity index (χ4v) is 3.37. The number of nitrogens with one attached hydrogen (secondary N) is 1. The zero-order valence-electron chi connectivity index (χ0n) is 16.1. The van der Waals surface area contributed by atoms with Gasteiger partial charge in [0.15, 0.2) is 0 Å². The molecule has 0 radical (unpaired) electrons. The highest BCUT2D eigenvalue weighted by molar-refractivity contribution is 7.99. The number of rotatable bonds is 8. The third-order valence-electron chi connectivity index (χ3n) is 4.16. The van der Waals surface area contributed by atoms with Crippen LogP contribution in [0.5, 0.6) is 0 Å². The molecule has 3 aromatic rings. The summed E-state index contributed by atoms with van der Waals surface area (Å²) in [6.45, 7) is 2.00. The molecule has 1 amide bonds. The minimum Gasteiger partial charge on any atom is -0.467 e. The fourth-order valence-electron chi connectivity index (χ4n) is 2.67. The van der Waals surface area contributed by atoms with Crippen molar-refractivity contribution in [3.05, 3.63) is 65.7 Å². The van der Waals surface area contributed by atoms with E-state index in [-0.39, 0.29) is 11.7 Å². The number of aryl methyl sites for hydroxylation is 1. The molecule has 0 saturated carbocycles. The highest BCUT2D eigenvalue weighted by Gasteiger charge is 2.22. The second-order valence-corrected chi connectivity index (χ2v) is 7.27. The van der Waals surface area contributed by atoms with Crippen LogP contribution in [0.1, 0.15) is 11.1 Å². The van der Waals surface area contributed by atoms with Crippen molar-refractivity contribution in [3.63, 3.8) is 0 Å². The Balaban J connectivity index is 1.62. The second-order valence-electron chi connectivity index (χ2n) is 6.33. The van der Waals surface area contributed by atoms with Crippen LogP contribution in [0.4, 0.5) is 0 Å². The lowest BCUT2D eigenvalue weighted by Crippen LogP contribution is -2.43. The molecule has 1 heterocycles. The minimum absolute atomic E-state index is 0.0640. The van der Waals surface area contributed by atoms with Gasteiger partial charge >= 0.3 is 5.97 Å². The largest absolute Gasteiger partial charge is 0.467 e. The quantitative estimate of drug-likeness (QED) is 0.447. The van der Waals surface area contributed by atoms with Gasteiger partial charge in [-0.05, 0) is 35.0 Å². The summed E-state index contributed by atoms with van der Waals surface area (Å²) < 4.78 is 6.39. The molecule has 1 atom stereocenters. The van der Waals surface area contributed by atoms with Crippen LogP contribution in [0.15, 0.2) is 59.8 Å². The Morgan fingerprint density at radius 2 is 1.86 bits per heavy atom. The van der Waals surface area contributed by atoms with Gasteiger partial charge in [-0.2, -0.15) is 4.68 Å². The number of benzene rings is 2. The number of ether oxygens (including phenoxy) is 1. The van der Waals surface area contributed by atoms with Crippen LogP contribution in [0.25, 0.3) is 5.69 Å². The first-order chi connectivity index (χ1) is 14.1. The lowest BCUT2D eigenvalue weighted by atomic mass is 10.1. The molecule has 0 aliphatic rings. The zero-order valence-corrected chi connectivity index (χ0v) is 16.9. The molecule has 150 valence electrons. The number of carbonyl (C=O) groups excluding carboxylic acids is 2. The number of aromatic nitrogens is 4. The summed E-state index contributed by atoms with van der Waals surface area (Å²) in [6.07, 6.45) is 0.352. The summed E-state index contributed by atoms with van der Waals surface area (Å²) >= 11 is 1.19. The molecule has 29 heavy (non-hydrogen) atoms. The van der Waals surface area contributed by atoms with E-state index < -0.39 is 12.0 Å². The second kappa shape index (κ2) is 9.83. The van der Waals surface area contributed by atoms with Crippen LogP contribution in [0, 0.1) is 6.92 Å². The van der Waals surface area contributed by atoms with Gasteiger partial charge in [-0.3, -0.25) is 4.79 Å². The highest BCUT2D eigenvalue weighted by Crippen LogP contribution is 2.18. The van der Waals surface area contributed by atoms with Crippen molar-refractivity contribution in [2.24, 2.45) is 0 Å². The normalized spacial score (nSPS) is 11.7. The van der Waals surface area contributed by atoms with E-state index in [1.807, 2.05) is 61.5 Å². The lowest BCUT2D eigenvalue weighted by Gasteiger charge is -2.16. The van der Waals surface area contributed by atoms with E-state index in [0.717, 1.165) is 16.8 Å². The molecule has 0 fully saturated rings. The molecule has 0 saturated heterocycles. The molecule has 1 N–H and O–H groups in total. The van der Waals surface area contributed by atoms with Crippen LogP contribution < -0.4 is 5.32 Å². The molecule has 1 aromatic heterocycles. The maximum Gasteiger partial charge on any atom is 0.328 e. The SMILES string of the molecule is COC(=O)[C@@H](Cc1ccccc1)NC(=O)CSc1nnnn1-c1ccc(C)cc1. The number of esters is 1. The van der Waals surface area contributed by atoms with E-state index in [4.69, 9.17) is 4.74 Å². The number of amides is 1. The number of hydrogen-bond acceptors (Lipinski definition) is 7. The third-order valence-corrected chi connectivity index (χ3v) is 5.07. The van der Waals surface area contributed by atoms with Gasteiger partial charge in [0, 0.05) is 6.42 Å². The molecule has 0 bridgehead atoms. The number of hydrogen-bond donors (Lipinski definition) is 1. The van der Waals surface area contributed by atoms with Crippen molar-refractivity contribution < 1.29 is 14.3 Å². The highest BCUT2D eigenvalue weighted by atomic mass is 32.2. The molecular weight excluding hydrogens is 390 g/mol. The fraction of sp³-hybridized carbons (Fsp3) is 0.250. The van der Waals surface area contributed by atoms with Crippen LogP contribution in [0.3, 0.4) is 0 Å². The average molecular weight is 411 g/mol. The number of nitrogens with zero attached hydrogens (tertiary/aromatic N) is 4. The van der Waals surface area contributed by atoms with Gasteiger partial charge in [-0.1, -0.05) is 59.8 Å². The maximum absolute atomic E-state index is 12.4. The molecular formula is C20H21N5O3S. The van der Waals surface area contributed by atoms with Crippen molar-refractivity contribution in [1.82, 2.24) is 25.5 Å². The van der Waals surface area contributed by atoms with Gasteiger partial charge in [-0.25, -0.2) is 4.79 Å². The molecule has 0 unspecified atom stereocenters. The molecule has 2 aromatic carbocycles. The van der Waals surface area contributed by atoms with E-state index in [0.29, 0.717) is 11.6 Å². The predicted molar refractivity (Wildman–Crippen MR) is 109 cm³/mol. The van der Waals surface area contributed by atoms with Gasteiger partial charge in [0.05, 0.1) is 18.6 Å². The van der Waals surface area contributed by atoms with Crippen LogP contribution >= 0.6 is 11.8 Å². The minimum atomic E-state index is -0.761. The molecule has 3 rings (SSSR count). The number of thioether (sulfide) groups is 1. The average Bonchev–Trinajstić information content (AvgIpc) is 3.21. The van der Waals surface area contributed by atoms with Gasteiger partial charge in [0.25, 0.3) is 0 Å². The molecule has 0 spiro atoms. The monoisotopic (exact) mass is 411 g/mol. The first-order valence-corrected chi connectivity index (χ1v) is 9.94. The Kier molecular flexibility index (Phi) is 6.96. The Hall–Kier alpha value is -3.20. The summed E-state index contributed by atoms with van der Waals surface area (Å²) in [5.41, 5.74) is 2.86. The smallest absolute Gasteiger partial charge is 0.328 e. The standard InChI is InChI=1S/C20H21N5O3S/c1-14-8-10-16(11-9-14)25-20(22-23-24-25)29-13-18(26)21-17(19(27)28-2)12-15-6-4-3-5-7-15/h3-11,17H,12-13H2,1-2H3,(H,21,26)/t17-/m1/s1. The Bertz CT molecular complexity index is 960. The van der Waals surface area contributed by atoms with Gasteiger partial charge in [0.1, 0.15) is 6.04 Å². The van der Waals surface area contributed by atoms with E-state index in [1.165, 1.54) is 18.9 Å². The summed E-state index contributed by atoms with van der Waals surface area (Å²) in [5.74, 6) is -0.731. The van der Waals surface area contributed by atoms with Gasteiger partial charge < -0.3 is 10.1 Å². The van der Waals surface area contributed by atoms with Crippen molar-refractivity contribution in [1.29, 1.82) is 0 Å². The summed E-state index contributed by atoms with van der Waals surface area (Å²) in [6, 6.07) is 16.4. The Morgan fingerprint density at radius 3 is 2.55 bits per heavy atom. The Morgan fingerprint density at radius 1 is 1.14 bits per heavy atom. The summed E-state index contributed by atoms with van der Waals surface area (Å²) in [4.78, 5) is 24.5. The summed E-state index contributed by atoms with van der Waals surface area (Å²) in [5, 5.41) is 14.9. The zero-order chi connectivity index (χ0) is 20.6. The van der Waals surface area contributed by atoms with Gasteiger partial charge in [-0.15, -0.1) is 5.10 Å². The lowest BCUT2D eigenvalue weighted by molar-refractivity contribution is -0.144. The molecule has 0 aliphatic carbocycles. The first kappa shape index (κ1) is 20.5. The van der Waals surface area contributed by atoms with Gasteiger partial charge in [0.2, 0.25) is 11.1 Å². The van der Waals surface area contributed by atoms with E-state index in [1.54, 1.807) is 4.68 Å². The maximum atomic E-state index is 12.4. The number of tetrazole rings is 1. The van der Waals surface area contributed by atoms with Crippen molar-refractivity contribution in [3.8, 4) is 5.69 Å². The van der Waals surface area contributed by atoms with Crippen LogP contribution in [-0.4, -0.2) is 51.0 Å². The predicted octanol–water partition coefficient (Wildman–Crippen LogP) is 1.96. The van der Waals surface area contributed by atoms with E-state index in [2.05, 4.69) is 20.8 Å². The first-order valence-electron chi connectivity index (χ1n) is 8.96. The summed E-state index contributed by atoms with van der Waals surface area (Å²) in [7, 11) is 1.30. The molecule has 9 heteroatoms. The van der Waals surface area contributed by atoms with Crippen molar-refractivity contribution in [2.75, 3.05) is 12.9 Å². The van der Waals surface area contributed by atoms with Crippen molar-refractivity contribution in [2.45, 2.75) is 24.5 Å². The molecule has 8 nitrogen and oxygen atoms in total. The van der Waals surface area contributed by atoms with E-state index in [9.17, 15) is 9.59 Å². The Labute approximate surface area is 172 Å². The third kappa shape index (κ3) is 5.64. The number of methoxy groups -OCH3 is 1. The van der Waals surface area contributed by atoms with E-state index >= 15 is 0 Å². The number of carbonyl (C=O) groups is 2. The topological polar surface area (TPSA) is 99.0 Å². The van der Waals surface area contributed by atoms with Crippen LogP contribution in [-0.2, 0) is 20.7 Å². The molecule has 0 aliphatic heterocycles.